The number of carbonyl (C=O) groups is 2. The molecule has 4 heteroatoms. The average Bonchev–Trinajstić information content (AvgIpc) is 2.97. The fraction of sp³-hybridized carbons (Fsp3) is 0.818. The van der Waals surface area contributed by atoms with Crippen LogP contribution in [0.2, 0.25) is 0 Å². The smallest absolute Gasteiger partial charge is 0.246 e. The molecule has 84 valence electrons. The van der Waals surface area contributed by atoms with E-state index in [-0.39, 0.29) is 17.9 Å². The minimum absolute atomic E-state index is 0.0111. The van der Waals surface area contributed by atoms with Crippen LogP contribution >= 0.6 is 0 Å². The predicted octanol–water partition coefficient (Wildman–Crippen LogP) is 0.570. The molecule has 1 saturated carbocycles. The summed E-state index contributed by atoms with van der Waals surface area (Å²) in [4.78, 5) is 23.7. The van der Waals surface area contributed by atoms with Crippen LogP contribution in [0.3, 0.4) is 0 Å². The van der Waals surface area contributed by atoms with E-state index in [1.54, 1.807) is 0 Å². The van der Waals surface area contributed by atoms with Crippen molar-refractivity contribution in [1.29, 1.82) is 0 Å². The Balaban J connectivity index is 2.09. The second-order valence-electron chi connectivity index (χ2n) is 4.78. The summed E-state index contributed by atoms with van der Waals surface area (Å²) >= 11 is 0. The largest absolute Gasteiger partial charge is 0.342 e. The molecule has 0 radical (unpaired) electrons. The van der Waals surface area contributed by atoms with E-state index in [2.05, 4.69) is 10.6 Å². The molecule has 1 aliphatic heterocycles. The number of amides is 2. The fourth-order valence-corrected chi connectivity index (χ4v) is 2.21. The first kappa shape index (κ1) is 10.5. The van der Waals surface area contributed by atoms with E-state index < -0.39 is 5.54 Å². The van der Waals surface area contributed by atoms with Gasteiger partial charge in [-0.3, -0.25) is 9.59 Å². The first-order valence-corrected chi connectivity index (χ1v) is 5.71. The molecule has 2 rings (SSSR count). The van der Waals surface area contributed by atoms with Gasteiger partial charge in [-0.25, -0.2) is 0 Å². The van der Waals surface area contributed by atoms with Crippen molar-refractivity contribution in [3.05, 3.63) is 0 Å². The molecule has 0 aromatic rings. The topological polar surface area (TPSA) is 58.2 Å². The van der Waals surface area contributed by atoms with E-state index in [1.165, 1.54) is 0 Å². The highest BCUT2D eigenvalue weighted by Gasteiger charge is 2.51. The molecule has 0 spiro atoms. The van der Waals surface area contributed by atoms with Crippen molar-refractivity contribution in [2.75, 3.05) is 0 Å². The SMILES string of the molecule is CCCC1NC(=O)C(C)(C2CC2)NC1=O. The number of hydrogen-bond acceptors (Lipinski definition) is 2. The van der Waals surface area contributed by atoms with Gasteiger partial charge >= 0.3 is 0 Å². The van der Waals surface area contributed by atoms with Crippen LogP contribution in [0.25, 0.3) is 0 Å². The van der Waals surface area contributed by atoms with Gasteiger partial charge < -0.3 is 10.6 Å². The molecular formula is C11H18N2O2. The van der Waals surface area contributed by atoms with Crippen molar-refractivity contribution in [2.45, 2.75) is 51.1 Å². The summed E-state index contributed by atoms with van der Waals surface area (Å²) in [7, 11) is 0. The van der Waals surface area contributed by atoms with E-state index in [0.717, 1.165) is 25.7 Å². The van der Waals surface area contributed by atoms with Crippen LogP contribution in [-0.4, -0.2) is 23.4 Å². The summed E-state index contributed by atoms with van der Waals surface area (Å²) in [5.41, 5.74) is -0.651. The standard InChI is InChI=1S/C11H18N2O2/c1-3-4-8-9(14)13-11(2,7-5-6-7)10(15)12-8/h7-8H,3-6H2,1-2H3,(H,12,15)(H,13,14). The summed E-state index contributed by atoms with van der Waals surface area (Å²) in [5, 5.41) is 5.72. The summed E-state index contributed by atoms with van der Waals surface area (Å²) in [6, 6.07) is -0.325. The Morgan fingerprint density at radius 1 is 1.40 bits per heavy atom. The summed E-state index contributed by atoms with van der Waals surface area (Å²) in [6.45, 7) is 3.84. The summed E-state index contributed by atoms with van der Waals surface area (Å²) < 4.78 is 0. The predicted molar refractivity (Wildman–Crippen MR) is 56.1 cm³/mol. The van der Waals surface area contributed by atoms with Gasteiger partial charge in [0.15, 0.2) is 0 Å². The van der Waals surface area contributed by atoms with Gasteiger partial charge in [-0.1, -0.05) is 13.3 Å². The van der Waals surface area contributed by atoms with Crippen molar-refractivity contribution in [1.82, 2.24) is 10.6 Å². The second kappa shape index (κ2) is 3.51. The Kier molecular flexibility index (Phi) is 2.44. The lowest BCUT2D eigenvalue weighted by Gasteiger charge is -2.37. The fourth-order valence-electron chi connectivity index (χ4n) is 2.21. The molecule has 1 saturated heterocycles. The van der Waals surface area contributed by atoms with Crippen LogP contribution in [0.5, 0.6) is 0 Å². The molecule has 2 aliphatic rings. The second-order valence-corrected chi connectivity index (χ2v) is 4.78. The maximum absolute atomic E-state index is 11.9. The Bertz CT molecular complexity index is 299. The lowest BCUT2D eigenvalue weighted by molar-refractivity contribution is -0.142. The van der Waals surface area contributed by atoms with Crippen LogP contribution < -0.4 is 10.6 Å². The van der Waals surface area contributed by atoms with E-state index in [9.17, 15) is 9.59 Å². The summed E-state index contributed by atoms with van der Waals surface area (Å²) in [6.07, 6.45) is 3.71. The van der Waals surface area contributed by atoms with Gasteiger partial charge in [0, 0.05) is 0 Å². The van der Waals surface area contributed by atoms with Gasteiger partial charge in [-0.05, 0) is 32.1 Å². The molecular weight excluding hydrogens is 192 g/mol. The molecule has 0 aromatic heterocycles. The molecule has 2 fully saturated rings. The average molecular weight is 210 g/mol. The third kappa shape index (κ3) is 1.73. The maximum Gasteiger partial charge on any atom is 0.246 e. The van der Waals surface area contributed by atoms with Crippen LogP contribution in [0.15, 0.2) is 0 Å². The van der Waals surface area contributed by atoms with Crippen LogP contribution in [0.1, 0.15) is 39.5 Å². The van der Waals surface area contributed by atoms with Crippen LogP contribution in [0, 0.1) is 5.92 Å². The summed E-state index contributed by atoms with van der Waals surface area (Å²) in [5.74, 6) is 0.304. The van der Waals surface area contributed by atoms with Crippen molar-refractivity contribution in [3.8, 4) is 0 Å². The molecule has 1 heterocycles. The normalized spacial score (nSPS) is 36.0. The zero-order chi connectivity index (χ0) is 11.1. The van der Waals surface area contributed by atoms with E-state index in [0.29, 0.717) is 5.92 Å². The number of piperazine rings is 1. The Morgan fingerprint density at radius 3 is 2.60 bits per heavy atom. The number of nitrogens with one attached hydrogen (secondary N) is 2. The van der Waals surface area contributed by atoms with Crippen molar-refractivity contribution in [2.24, 2.45) is 5.92 Å². The molecule has 2 atom stereocenters. The first-order chi connectivity index (χ1) is 7.08. The van der Waals surface area contributed by atoms with Gasteiger partial charge in [-0.2, -0.15) is 0 Å². The Morgan fingerprint density at radius 2 is 2.07 bits per heavy atom. The zero-order valence-electron chi connectivity index (χ0n) is 9.30. The van der Waals surface area contributed by atoms with E-state index in [4.69, 9.17) is 0 Å². The Hall–Kier alpha value is -1.06. The lowest BCUT2D eigenvalue weighted by atomic mass is 9.90. The number of carbonyl (C=O) groups excluding carboxylic acids is 2. The number of hydrogen-bond donors (Lipinski definition) is 2. The monoisotopic (exact) mass is 210 g/mol. The van der Waals surface area contributed by atoms with Crippen molar-refractivity contribution < 1.29 is 9.59 Å². The molecule has 0 aromatic carbocycles. The zero-order valence-corrected chi connectivity index (χ0v) is 9.30. The van der Waals surface area contributed by atoms with Gasteiger partial charge in [0.25, 0.3) is 0 Å². The van der Waals surface area contributed by atoms with Crippen LogP contribution in [-0.2, 0) is 9.59 Å². The quantitative estimate of drug-likeness (QED) is 0.715. The molecule has 2 amide bonds. The van der Waals surface area contributed by atoms with E-state index >= 15 is 0 Å². The Labute approximate surface area is 89.8 Å². The van der Waals surface area contributed by atoms with Crippen LogP contribution in [0.4, 0.5) is 0 Å². The van der Waals surface area contributed by atoms with E-state index in [1.807, 2.05) is 13.8 Å². The van der Waals surface area contributed by atoms with Crippen molar-refractivity contribution in [3.63, 3.8) is 0 Å². The molecule has 2 N–H and O–H groups in total. The first-order valence-electron chi connectivity index (χ1n) is 5.71. The highest BCUT2D eigenvalue weighted by molar-refractivity contribution is 5.99. The molecule has 15 heavy (non-hydrogen) atoms. The van der Waals surface area contributed by atoms with Gasteiger partial charge in [0.2, 0.25) is 11.8 Å². The third-order valence-electron chi connectivity index (χ3n) is 3.45. The number of rotatable bonds is 3. The van der Waals surface area contributed by atoms with Gasteiger partial charge in [0.1, 0.15) is 11.6 Å². The van der Waals surface area contributed by atoms with Gasteiger partial charge in [0.05, 0.1) is 0 Å². The molecule has 0 bridgehead atoms. The minimum Gasteiger partial charge on any atom is -0.342 e. The van der Waals surface area contributed by atoms with Crippen molar-refractivity contribution >= 4 is 11.8 Å². The minimum atomic E-state index is -0.651. The third-order valence-corrected chi connectivity index (χ3v) is 3.45. The molecule has 1 aliphatic carbocycles. The molecule has 2 unspecified atom stereocenters. The van der Waals surface area contributed by atoms with Gasteiger partial charge in [-0.15, -0.1) is 0 Å². The maximum atomic E-state index is 11.9. The lowest BCUT2D eigenvalue weighted by Crippen LogP contribution is -2.69. The highest BCUT2D eigenvalue weighted by atomic mass is 16.2. The molecule has 4 nitrogen and oxygen atoms in total. The highest BCUT2D eigenvalue weighted by Crippen LogP contribution is 2.40.